The van der Waals surface area contributed by atoms with Crippen molar-refractivity contribution < 1.29 is 4.57 Å². The molecule has 118 valence electrons. The average molecular weight is 324 g/mol. The molecule has 5 nitrogen and oxygen atoms in total. The topological polar surface area (TPSA) is 39.0 Å². The first-order valence-electron chi connectivity index (χ1n) is 8.31. The highest BCUT2D eigenvalue weighted by Crippen LogP contribution is 2.34. The van der Waals surface area contributed by atoms with Crippen LogP contribution in [0, 0.1) is 0 Å². The molecule has 0 atom stereocenters. The molecular weight excluding hydrogens is 310 g/mol. The fourth-order valence-corrected chi connectivity index (χ4v) is 3.95. The highest BCUT2D eigenvalue weighted by Gasteiger charge is 2.36. The van der Waals surface area contributed by atoms with E-state index in [1.165, 1.54) is 22.5 Å². The Morgan fingerprint density at radius 2 is 1.84 bits per heavy atom. The van der Waals surface area contributed by atoms with Crippen LogP contribution >= 0.6 is 0 Å². The summed E-state index contributed by atoms with van der Waals surface area (Å²) >= 11 is 0. The Balaban J connectivity index is 1.83. The summed E-state index contributed by atoms with van der Waals surface area (Å²) < 4.78 is 6.65. The molecule has 6 rings (SSSR count). The summed E-state index contributed by atoms with van der Waals surface area (Å²) in [5, 5.41) is 4.48. The minimum Gasteiger partial charge on any atom is -0.264 e. The van der Waals surface area contributed by atoms with Gasteiger partial charge in [-0.2, -0.15) is 9.67 Å². The van der Waals surface area contributed by atoms with Gasteiger partial charge in [0.05, 0.1) is 11.8 Å². The van der Waals surface area contributed by atoms with Gasteiger partial charge in [-0.3, -0.25) is 4.98 Å². The lowest BCUT2D eigenvalue weighted by atomic mass is 10.1. The molecule has 1 aromatic carbocycles. The number of hydrogen-bond acceptors (Lipinski definition) is 2. The Morgan fingerprint density at radius 3 is 2.76 bits per heavy atom. The molecule has 1 aliphatic heterocycles. The minimum absolute atomic E-state index is 0.859. The molecule has 5 heteroatoms. The summed E-state index contributed by atoms with van der Waals surface area (Å²) in [6, 6.07) is 16.7. The van der Waals surface area contributed by atoms with E-state index in [0.717, 1.165) is 23.3 Å². The number of benzene rings is 1. The first kappa shape index (κ1) is 12.9. The van der Waals surface area contributed by atoms with Gasteiger partial charge >= 0.3 is 0 Å². The number of pyridine rings is 1. The number of rotatable bonds is 1. The maximum Gasteiger partial charge on any atom is 0.297 e. The van der Waals surface area contributed by atoms with Crippen LogP contribution in [0.5, 0.6) is 0 Å². The number of para-hydroxylation sites is 1. The second-order valence-electron chi connectivity index (χ2n) is 6.33. The van der Waals surface area contributed by atoms with E-state index in [2.05, 4.69) is 61.8 Å². The molecule has 0 saturated heterocycles. The fraction of sp³-hybridized carbons (Fsp3) is 0.0500. The smallest absolute Gasteiger partial charge is 0.264 e. The molecule has 0 bridgehead atoms. The molecule has 0 N–H and O–H groups in total. The summed E-state index contributed by atoms with van der Waals surface area (Å²) in [4.78, 5) is 4.36. The van der Waals surface area contributed by atoms with E-state index >= 15 is 0 Å². The van der Waals surface area contributed by atoms with Gasteiger partial charge in [0.25, 0.3) is 5.82 Å². The van der Waals surface area contributed by atoms with Crippen LogP contribution in [0.1, 0.15) is 5.56 Å². The van der Waals surface area contributed by atoms with Gasteiger partial charge in [-0.1, -0.05) is 18.2 Å². The molecule has 4 aromatic heterocycles. The Bertz CT molecular complexity index is 1260. The summed E-state index contributed by atoms with van der Waals surface area (Å²) in [5.74, 6) is 1.19. The predicted molar refractivity (Wildman–Crippen MR) is 94.6 cm³/mol. The van der Waals surface area contributed by atoms with E-state index in [1.54, 1.807) is 0 Å². The van der Waals surface area contributed by atoms with Gasteiger partial charge in [-0.25, -0.2) is 9.08 Å². The molecule has 0 amide bonds. The normalized spacial score (nSPS) is 12.6. The van der Waals surface area contributed by atoms with Crippen LogP contribution in [0.3, 0.4) is 0 Å². The molecule has 0 saturated carbocycles. The fourth-order valence-electron chi connectivity index (χ4n) is 3.95. The molecule has 5 aromatic rings. The van der Waals surface area contributed by atoms with E-state index in [9.17, 15) is 0 Å². The minimum atomic E-state index is 0.859. The van der Waals surface area contributed by atoms with Crippen LogP contribution in [0.25, 0.3) is 33.6 Å². The monoisotopic (exact) mass is 324 g/mol. The third-order valence-electron chi connectivity index (χ3n) is 4.98. The number of nitrogens with zero attached hydrogens (tertiary/aromatic N) is 5. The number of aromatic nitrogens is 5. The van der Waals surface area contributed by atoms with Crippen molar-refractivity contribution in [1.82, 2.24) is 19.2 Å². The molecule has 0 fully saturated rings. The van der Waals surface area contributed by atoms with Crippen molar-refractivity contribution in [3.8, 4) is 17.1 Å². The average Bonchev–Trinajstić information content (AvgIpc) is 3.29. The van der Waals surface area contributed by atoms with Gasteiger partial charge in [0.15, 0.2) is 0 Å². The SMILES string of the molecule is c1ccc(-n2c3[n+](c4c2cn2ncccc42)Cc2ccncc2-3)cc1. The molecule has 5 heterocycles. The van der Waals surface area contributed by atoms with Crippen LogP contribution in [0.15, 0.2) is 73.3 Å². The maximum atomic E-state index is 4.48. The van der Waals surface area contributed by atoms with Crippen LogP contribution in [0.2, 0.25) is 0 Å². The Kier molecular flexibility index (Phi) is 2.34. The molecule has 0 spiro atoms. The van der Waals surface area contributed by atoms with E-state index in [1.807, 2.05) is 35.2 Å². The van der Waals surface area contributed by atoms with E-state index < -0.39 is 0 Å². The number of fused-ring (bicyclic) bond motifs is 7. The lowest BCUT2D eigenvalue weighted by Crippen LogP contribution is -2.31. The zero-order valence-corrected chi connectivity index (χ0v) is 13.4. The van der Waals surface area contributed by atoms with Crippen molar-refractivity contribution in [2.75, 3.05) is 0 Å². The standard InChI is InChI=1S/C20H14N5/c1-2-5-15(6-3-1)25-18-13-24-17(7-4-9-22-24)19(18)23-12-14-8-10-21-11-16(14)20(23)25/h1-11,13H,12H2/q+1. The van der Waals surface area contributed by atoms with Crippen molar-refractivity contribution in [3.05, 3.63) is 78.9 Å². The third kappa shape index (κ3) is 1.59. The van der Waals surface area contributed by atoms with Crippen molar-refractivity contribution >= 4 is 16.6 Å². The van der Waals surface area contributed by atoms with E-state index in [0.29, 0.717) is 0 Å². The maximum absolute atomic E-state index is 4.48. The van der Waals surface area contributed by atoms with Gasteiger partial charge in [-0.05, 0) is 30.3 Å². The van der Waals surface area contributed by atoms with Crippen LogP contribution < -0.4 is 4.57 Å². The van der Waals surface area contributed by atoms with Crippen molar-refractivity contribution in [2.24, 2.45) is 0 Å². The highest BCUT2D eigenvalue weighted by atomic mass is 15.3. The van der Waals surface area contributed by atoms with Gasteiger partial charge < -0.3 is 0 Å². The van der Waals surface area contributed by atoms with E-state index in [4.69, 9.17) is 0 Å². The second kappa shape index (κ2) is 4.54. The summed E-state index contributed by atoms with van der Waals surface area (Å²) in [7, 11) is 0. The molecule has 0 radical (unpaired) electrons. The summed E-state index contributed by atoms with van der Waals surface area (Å²) in [5.41, 5.74) is 7.14. The molecule has 1 aliphatic rings. The number of imidazole rings is 1. The first-order valence-corrected chi connectivity index (χ1v) is 8.31. The summed E-state index contributed by atoms with van der Waals surface area (Å²) in [6.45, 7) is 0.859. The summed E-state index contributed by atoms with van der Waals surface area (Å²) in [6.07, 6.45) is 7.77. The third-order valence-corrected chi connectivity index (χ3v) is 4.98. The van der Waals surface area contributed by atoms with Gasteiger partial charge in [-0.15, -0.1) is 0 Å². The quantitative estimate of drug-likeness (QED) is 0.436. The number of hydrogen-bond donors (Lipinski definition) is 0. The Morgan fingerprint density at radius 1 is 0.920 bits per heavy atom. The second-order valence-corrected chi connectivity index (χ2v) is 6.33. The first-order chi connectivity index (χ1) is 12.4. The lowest BCUT2D eigenvalue weighted by Gasteiger charge is -2.00. The van der Waals surface area contributed by atoms with Gasteiger partial charge in [0, 0.05) is 24.2 Å². The zero-order valence-electron chi connectivity index (χ0n) is 13.4. The van der Waals surface area contributed by atoms with Crippen molar-refractivity contribution in [1.29, 1.82) is 0 Å². The van der Waals surface area contributed by atoms with Gasteiger partial charge in [0.1, 0.15) is 17.7 Å². The van der Waals surface area contributed by atoms with Crippen LogP contribution in [-0.4, -0.2) is 19.2 Å². The van der Waals surface area contributed by atoms with Crippen molar-refractivity contribution in [3.63, 3.8) is 0 Å². The largest absolute Gasteiger partial charge is 0.297 e. The zero-order chi connectivity index (χ0) is 16.4. The van der Waals surface area contributed by atoms with Crippen LogP contribution in [-0.2, 0) is 6.54 Å². The lowest BCUT2D eigenvalue weighted by molar-refractivity contribution is -0.645. The predicted octanol–water partition coefficient (Wildman–Crippen LogP) is 2.99. The highest BCUT2D eigenvalue weighted by molar-refractivity contribution is 5.92. The molecule has 0 aliphatic carbocycles. The molecular formula is C20H14N5+. The van der Waals surface area contributed by atoms with Gasteiger partial charge in [0.2, 0.25) is 11.0 Å². The van der Waals surface area contributed by atoms with Crippen LogP contribution in [0.4, 0.5) is 0 Å². The molecule has 0 unspecified atom stereocenters. The Labute approximate surface area is 143 Å². The Hall–Kier alpha value is -3.47. The van der Waals surface area contributed by atoms with Crippen molar-refractivity contribution in [2.45, 2.75) is 6.54 Å². The molecule has 25 heavy (non-hydrogen) atoms. The van der Waals surface area contributed by atoms with E-state index in [-0.39, 0.29) is 0 Å².